The molecule has 4 heteroatoms. The summed E-state index contributed by atoms with van der Waals surface area (Å²) in [5.41, 5.74) is 0.878. The van der Waals surface area contributed by atoms with Crippen LogP contribution in [0.1, 0.15) is 12.0 Å². The maximum atomic E-state index is 9.78. The summed E-state index contributed by atoms with van der Waals surface area (Å²) in [7, 11) is 1.62. The molecule has 0 aliphatic carbocycles. The van der Waals surface area contributed by atoms with Crippen LogP contribution in [0.4, 0.5) is 0 Å². The summed E-state index contributed by atoms with van der Waals surface area (Å²) in [6, 6.07) is 5.27. The number of aliphatic hydroxyl groups excluding tert-OH is 1. The second-order valence-corrected chi connectivity index (χ2v) is 4.57. The van der Waals surface area contributed by atoms with Crippen LogP contribution >= 0.6 is 0 Å². The number of ether oxygens (including phenoxy) is 1. The van der Waals surface area contributed by atoms with E-state index in [1.165, 1.54) is 0 Å². The molecule has 0 spiro atoms. The first-order valence-corrected chi connectivity index (χ1v) is 5.92. The minimum atomic E-state index is 0.251. The van der Waals surface area contributed by atoms with Crippen LogP contribution in [-0.4, -0.2) is 41.9 Å². The van der Waals surface area contributed by atoms with Crippen molar-refractivity contribution in [2.45, 2.75) is 13.0 Å². The van der Waals surface area contributed by atoms with Crippen molar-refractivity contribution in [2.24, 2.45) is 5.92 Å². The van der Waals surface area contributed by atoms with Gasteiger partial charge in [0.2, 0.25) is 0 Å². The number of phenols is 1. The van der Waals surface area contributed by atoms with E-state index in [0.29, 0.717) is 18.2 Å². The van der Waals surface area contributed by atoms with Crippen molar-refractivity contribution in [3.05, 3.63) is 23.8 Å². The Labute approximate surface area is 101 Å². The summed E-state index contributed by atoms with van der Waals surface area (Å²) in [6.45, 7) is 2.83. The molecule has 1 aliphatic rings. The highest BCUT2D eigenvalue weighted by atomic mass is 16.5. The Morgan fingerprint density at radius 2 is 2.29 bits per heavy atom. The number of phenolic OH excluding ortho intramolecular Hbond substituents is 1. The predicted octanol–water partition coefficient (Wildman–Crippen LogP) is 1.22. The highest BCUT2D eigenvalue weighted by Gasteiger charge is 2.22. The Bertz CT molecular complexity index is 381. The van der Waals surface area contributed by atoms with Gasteiger partial charge in [-0.1, -0.05) is 0 Å². The lowest BCUT2D eigenvalue weighted by Gasteiger charge is -2.17. The molecule has 0 saturated carbocycles. The van der Waals surface area contributed by atoms with Crippen molar-refractivity contribution in [3.8, 4) is 11.5 Å². The van der Waals surface area contributed by atoms with E-state index in [2.05, 4.69) is 4.90 Å². The number of aliphatic hydroxyl groups is 1. The zero-order valence-corrected chi connectivity index (χ0v) is 10.1. The van der Waals surface area contributed by atoms with Crippen LogP contribution in [0.25, 0.3) is 0 Å². The molecule has 1 aromatic rings. The molecule has 1 heterocycles. The molecule has 94 valence electrons. The lowest BCUT2D eigenvalue weighted by atomic mass is 10.1. The molecule has 0 amide bonds. The monoisotopic (exact) mass is 237 g/mol. The molecule has 1 atom stereocenters. The number of likely N-dealkylation sites (tertiary alicyclic amines) is 1. The number of rotatable bonds is 4. The molecule has 2 rings (SSSR count). The molecule has 4 nitrogen and oxygen atoms in total. The Balaban J connectivity index is 2.03. The normalized spacial score (nSPS) is 20.7. The highest BCUT2D eigenvalue weighted by molar-refractivity contribution is 5.39. The molecule has 1 unspecified atom stereocenters. The van der Waals surface area contributed by atoms with Gasteiger partial charge in [-0.2, -0.15) is 0 Å². The fourth-order valence-corrected chi connectivity index (χ4v) is 2.26. The van der Waals surface area contributed by atoms with Crippen molar-refractivity contribution in [1.29, 1.82) is 0 Å². The van der Waals surface area contributed by atoms with Gasteiger partial charge in [-0.3, -0.25) is 4.90 Å². The summed E-state index contributed by atoms with van der Waals surface area (Å²) in [4.78, 5) is 2.25. The van der Waals surface area contributed by atoms with E-state index in [4.69, 9.17) is 9.84 Å². The van der Waals surface area contributed by atoms with E-state index in [0.717, 1.165) is 30.8 Å². The largest absolute Gasteiger partial charge is 0.508 e. The van der Waals surface area contributed by atoms with Crippen LogP contribution in [0.3, 0.4) is 0 Å². The van der Waals surface area contributed by atoms with Crippen molar-refractivity contribution < 1.29 is 14.9 Å². The number of benzene rings is 1. The molecule has 1 fully saturated rings. The summed E-state index contributed by atoms with van der Waals surface area (Å²) in [6.07, 6.45) is 1.03. The van der Waals surface area contributed by atoms with Gasteiger partial charge in [-0.25, -0.2) is 0 Å². The third kappa shape index (κ3) is 2.90. The van der Waals surface area contributed by atoms with Crippen LogP contribution in [0.5, 0.6) is 11.5 Å². The quantitative estimate of drug-likeness (QED) is 0.826. The second kappa shape index (κ2) is 5.38. The van der Waals surface area contributed by atoms with Gasteiger partial charge in [-0.15, -0.1) is 0 Å². The van der Waals surface area contributed by atoms with Crippen LogP contribution < -0.4 is 4.74 Å². The van der Waals surface area contributed by atoms with E-state index >= 15 is 0 Å². The minimum Gasteiger partial charge on any atom is -0.508 e. The van der Waals surface area contributed by atoms with Crippen LogP contribution in [0.2, 0.25) is 0 Å². The Hall–Kier alpha value is -1.26. The fourth-order valence-electron chi connectivity index (χ4n) is 2.26. The first-order chi connectivity index (χ1) is 8.22. The van der Waals surface area contributed by atoms with Crippen LogP contribution in [-0.2, 0) is 6.54 Å². The number of nitrogens with zero attached hydrogens (tertiary/aromatic N) is 1. The third-order valence-electron chi connectivity index (χ3n) is 3.31. The predicted molar refractivity (Wildman–Crippen MR) is 65.1 cm³/mol. The highest BCUT2D eigenvalue weighted by Crippen LogP contribution is 2.26. The van der Waals surface area contributed by atoms with Crippen molar-refractivity contribution in [2.75, 3.05) is 26.8 Å². The average molecular weight is 237 g/mol. The Morgan fingerprint density at radius 1 is 1.47 bits per heavy atom. The second-order valence-electron chi connectivity index (χ2n) is 4.57. The van der Waals surface area contributed by atoms with Gasteiger partial charge in [0.25, 0.3) is 0 Å². The zero-order chi connectivity index (χ0) is 12.3. The van der Waals surface area contributed by atoms with Crippen molar-refractivity contribution >= 4 is 0 Å². The maximum absolute atomic E-state index is 9.78. The van der Waals surface area contributed by atoms with Gasteiger partial charge < -0.3 is 14.9 Å². The molecule has 0 bridgehead atoms. The number of aromatic hydroxyl groups is 1. The Morgan fingerprint density at radius 3 is 2.94 bits per heavy atom. The fraction of sp³-hybridized carbons (Fsp3) is 0.538. The van der Waals surface area contributed by atoms with Crippen LogP contribution in [0, 0.1) is 5.92 Å². The van der Waals surface area contributed by atoms with Crippen LogP contribution in [0.15, 0.2) is 18.2 Å². The van der Waals surface area contributed by atoms with E-state index in [1.807, 2.05) is 6.07 Å². The topological polar surface area (TPSA) is 52.9 Å². The van der Waals surface area contributed by atoms with Gasteiger partial charge in [-0.05, 0) is 37.1 Å². The summed E-state index contributed by atoms with van der Waals surface area (Å²) < 4.78 is 5.15. The molecule has 0 aromatic heterocycles. The first kappa shape index (κ1) is 12.2. The van der Waals surface area contributed by atoms with Gasteiger partial charge >= 0.3 is 0 Å². The summed E-state index contributed by atoms with van der Waals surface area (Å²) >= 11 is 0. The van der Waals surface area contributed by atoms with E-state index in [1.54, 1.807) is 19.2 Å². The molecule has 1 aliphatic heterocycles. The Kier molecular flexibility index (Phi) is 3.86. The smallest absolute Gasteiger partial charge is 0.120 e. The summed E-state index contributed by atoms with van der Waals surface area (Å²) in [5.74, 6) is 1.44. The number of hydrogen-bond acceptors (Lipinski definition) is 4. The van der Waals surface area contributed by atoms with Gasteiger partial charge in [0.1, 0.15) is 11.5 Å². The van der Waals surface area contributed by atoms with E-state index < -0.39 is 0 Å². The number of hydrogen-bond donors (Lipinski definition) is 2. The van der Waals surface area contributed by atoms with E-state index in [-0.39, 0.29) is 6.61 Å². The third-order valence-corrected chi connectivity index (χ3v) is 3.31. The lowest BCUT2D eigenvalue weighted by molar-refractivity contribution is 0.219. The zero-order valence-electron chi connectivity index (χ0n) is 10.1. The molecule has 1 saturated heterocycles. The molecular weight excluding hydrogens is 218 g/mol. The standard InChI is InChI=1S/C13H19NO3/c1-17-12-2-3-13(16)11(6-12)8-14-5-4-10(7-14)9-15/h2-3,6,10,15-16H,4-5,7-9H2,1H3. The molecular formula is C13H19NO3. The van der Waals surface area contributed by atoms with Crippen molar-refractivity contribution in [3.63, 3.8) is 0 Å². The van der Waals surface area contributed by atoms with Gasteiger partial charge in [0, 0.05) is 25.3 Å². The molecule has 0 radical (unpaired) electrons. The first-order valence-electron chi connectivity index (χ1n) is 5.92. The molecule has 2 N–H and O–H groups in total. The minimum absolute atomic E-state index is 0.251. The van der Waals surface area contributed by atoms with E-state index in [9.17, 15) is 5.11 Å². The number of methoxy groups -OCH3 is 1. The molecule has 17 heavy (non-hydrogen) atoms. The SMILES string of the molecule is COc1ccc(O)c(CN2CCC(CO)C2)c1. The van der Waals surface area contributed by atoms with Gasteiger partial charge in [0.15, 0.2) is 0 Å². The lowest BCUT2D eigenvalue weighted by Crippen LogP contribution is -2.21. The van der Waals surface area contributed by atoms with Crippen molar-refractivity contribution in [1.82, 2.24) is 4.90 Å². The summed E-state index contributed by atoms with van der Waals surface area (Å²) in [5, 5.41) is 18.9. The maximum Gasteiger partial charge on any atom is 0.120 e. The van der Waals surface area contributed by atoms with Gasteiger partial charge in [0.05, 0.1) is 7.11 Å². The molecule has 1 aromatic carbocycles. The average Bonchev–Trinajstić information content (AvgIpc) is 2.80.